The first-order valence-corrected chi connectivity index (χ1v) is 12.4. The first-order chi connectivity index (χ1) is 18.7. The van der Waals surface area contributed by atoms with Crippen molar-refractivity contribution in [1.82, 2.24) is 19.8 Å². The van der Waals surface area contributed by atoms with Gasteiger partial charge < -0.3 is 19.2 Å². The molecule has 0 saturated carbocycles. The fourth-order valence-corrected chi connectivity index (χ4v) is 4.82. The van der Waals surface area contributed by atoms with Crippen LogP contribution in [0.4, 0.5) is 13.2 Å². The SMILES string of the molecule is COc1ccc(-c2nc(C(=O)N3CCN(C(CO)c4ccc(C)cc4)CC3)co2)c2ccc(C(F)(F)F)nc12. The molecule has 1 aliphatic rings. The monoisotopic (exact) mass is 540 g/mol. The molecule has 1 atom stereocenters. The molecular weight excluding hydrogens is 513 g/mol. The van der Waals surface area contributed by atoms with Gasteiger partial charge >= 0.3 is 6.18 Å². The molecule has 0 spiro atoms. The summed E-state index contributed by atoms with van der Waals surface area (Å²) in [5.74, 6) is -0.0471. The Hall–Kier alpha value is -3.96. The number of hydrogen-bond acceptors (Lipinski definition) is 7. The number of alkyl halides is 3. The van der Waals surface area contributed by atoms with Crippen LogP contribution in [-0.4, -0.2) is 70.7 Å². The van der Waals surface area contributed by atoms with E-state index in [1.807, 2.05) is 31.2 Å². The normalized spacial score (nSPS) is 15.5. The van der Waals surface area contributed by atoms with Crippen LogP contribution in [0.25, 0.3) is 22.4 Å². The number of rotatable bonds is 6. The van der Waals surface area contributed by atoms with E-state index >= 15 is 0 Å². The number of carbonyl (C=O) groups is 1. The van der Waals surface area contributed by atoms with Crippen molar-refractivity contribution in [3.8, 4) is 17.2 Å². The minimum atomic E-state index is -4.61. The van der Waals surface area contributed by atoms with Crippen molar-refractivity contribution < 1.29 is 32.2 Å². The predicted octanol–water partition coefficient (Wildman–Crippen LogP) is 4.72. The Labute approximate surface area is 222 Å². The number of oxazole rings is 1. The fraction of sp³-hybridized carbons (Fsp3) is 0.321. The van der Waals surface area contributed by atoms with Crippen LogP contribution in [0, 0.1) is 6.92 Å². The second-order valence-electron chi connectivity index (χ2n) is 9.38. The summed E-state index contributed by atoms with van der Waals surface area (Å²) in [6.07, 6.45) is -3.36. The third-order valence-corrected chi connectivity index (χ3v) is 6.96. The molecule has 1 unspecified atom stereocenters. The average molecular weight is 541 g/mol. The summed E-state index contributed by atoms with van der Waals surface area (Å²) in [5, 5.41) is 10.4. The van der Waals surface area contributed by atoms with Gasteiger partial charge in [0.1, 0.15) is 23.2 Å². The van der Waals surface area contributed by atoms with E-state index in [1.54, 1.807) is 11.0 Å². The molecule has 0 bridgehead atoms. The number of piperazine rings is 1. The second kappa shape index (κ2) is 10.7. The van der Waals surface area contributed by atoms with E-state index in [0.717, 1.165) is 17.2 Å². The standard InChI is InChI=1S/C28H27F3N4O4/c1-17-3-5-18(6-4-17)22(15-36)34-11-13-35(14-12-34)27(37)21-16-39-26(32-21)20-7-9-23(38-2)25-19(20)8-10-24(33-25)28(29,30)31/h3-10,16,22,36H,11-15H2,1-2H3. The van der Waals surface area contributed by atoms with Crippen molar-refractivity contribution in [2.24, 2.45) is 0 Å². The topological polar surface area (TPSA) is 91.9 Å². The van der Waals surface area contributed by atoms with Crippen molar-refractivity contribution >= 4 is 16.8 Å². The molecule has 1 N–H and O–H groups in total. The Morgan fingerprint density at radius 2 is 1.77 bits per heavy atom. The molecule has 2 aromatic heterocycles. The number of aromatic nitrogens is 2. The van der Waals surface area contributed by atoms with Gasteiger partial charge in [-0.3, -0.25) is 9.69 Å². The number of aliphatic hydroxyl groups excluding tert-OH is 1. The highest BCUT2D eigenvalue weighted by atomic mass is 19.4. The van der Waals surface area contributed by atoms with Gasteiger partial charge in [-0.05, 0) is 36.8 Å². The van der Waals surface area contributed by atoms with Gasteiger partial charge in [0.2, 0.25) is 5.89 Å². The summed E-state index contributed by atoms with van der Waals surface area (Å²) in [6.45, 7) is 4.02. The number of halogens is 3. The Balaban J connectivity index is 1.33. The summed E-state index contributed by atoms with van der Waals surface area (Å²) in [7, 11) is 1.35. The van der Waals surface area contributed by atoms with E-state index in [2.05, 4.69) is 14.9 Å². The maximum absolute atomic E-state index is 13.2. The molecule has 0 radical (unpaired) electrons. The molecular formula is C28H27F3N4O4. The van der Waals surface area contributed by atoms with E-state index in [1.165, 1.54) is 25.5 Å². The van der Waals surface area contributed by atoms with Crippen molar-refractivity contribution in [2.45, 2.75) is 19.1 Å². The quantitative estimate of drug-likeness (QED) is 0.379. The smallest absolute Gasteiger partial charge is 0.433 e. The number of hydrogen-bond donors (Lipinski definition) is 1. The van der Waals surface area contributed by atoms with Gasteiger partial charge in [-0.2, -0.15) is 13.2 Å². The summed E-state index contributed by atoms with van der Waals surface area (Å²) < 4.78 is 50.5. The van der Waals surface area contributed by atoms with Crippen molar-refractivity contribution in [3.63, 3.8) is 0 Å². The van der Waals surface area contributed by atoms with Gasteiger partial charge in [-0.15, -0.1) is 0 Å². The number of pyridine rings is 1. The average Bonchev–Trinajstić information content (AvgIpc) is 3.43. The number of benzene rings is 2. The predicted molar refractivity (Wildman–Crippen MR) is 137 cm³/mol. The number of aliphatic hydroxyl groups is 1. The highest BCUT2D eigenvalue weighted by Crippen LogP contribution is 2.36. The van der Waals surface area contributed by atoms with Crippen molar-refractivity contribution in [1.29, 1.82) is 0 Å². The number of carbonyl (C=O) groups excluding carboxylic acids is 1. The molecule has 8 nitrogen and oxygen atoms in total. The lowest BCUT2D eigenvalue weighted by molar-refractivity contribution is -0.140. The van der Waals surface area contributed by atoms with Gasteiger partial charge in [0.25, 0.3) is 5.91 Å². The van der Waals surface area contributed by atoms with Gasteiger partial charge in [-0.1, -0.05) is 29.8 Å². The maximum Gasteiger partial charge on any atom is 0.433 e. The van der Waals surface area contributed by atoms with Crippen LogP contribution in [0.2, 0.25) is 0 Å². The molecule has 5 rings (SSSR count). The lowest BCUT2D eigenvalue weighted by atomic mass is 10.0. The van der Waals surface area contributed by atoms with Crippen LogP contribution < -0.4 is 4.74 Å². The molecule has 1 saturated heterocycles. The van der Waals surface area contributed by atoms with Crippen LogP contribution in [-0.2, 0) is 6.18 Å². The first-order valence-electron chi connectivity index (χ1n) is 12.4. The third-order valence-electron chi connectivity index (χ3n) is 6.96. The molecule has 11 heteroatoms. The Morgan fingerprint density at radius 3 is 2.41 bits per heavy atom. The molecule has 4 aromatic rings. The number of ether oxygens (including phenoxy) is 1. The van der Waals surface area contributed by atoms with E-state index < -0.39 is 11.9 Å². The minimum absolute atomic E-state index is 0.0130. The van der Waals surface area contributed by atoms with Crippen LogP contribution in [0.5, 0.6) is 5.75 Å². The molecule has 2 aromatic carbocycles. The van der Waals surface area contributed by atoms with Crippen molar-refractivity contribution in [2.75, 3.05) is 39.9 Å². The fourth-order valence-electron chi connectivity index (χ4n) is 4.82. The zero-order chi connectivity index (χ0) is 27.7. The molecule has 39 heavy (non-hydrogen) atoms. The molecule has 3 heterocycles. The summed E-state index contributed by atoms with van der Waals surface area (Å²) in [5.41, 5.74) is 1.62. The van der Waals surface area contributed by atoms with Crippen LogP contribution in [0.1, 0.15) is 33.4 Å². The van der Waals surface area contributed by atoms with E-state index in [9.17, 15) is 23.1 Å². The molecule has 1 fully saturated rings. The largest absolute Gasteiger partial charge is 0.494 e. The van der Waals surface area contributed by atoms with Gasteiger partial charge in [-0.25, -0.2) is 9.97 Å². The van der Waals surface area contributed by atoms with Crippen LogP contribution in [0.3, 0.4) is 0 Å². The Bertz CT molecular complexity index is 1480. The number of amides is 1. The lowest BCUT2D eigenvalue weighted by Gasteiger charge is -2.38. The van der Waals surface area contributed by atoms with Crippen LogP contribution in [0.15, 0.2) is 59.2 Å². The molecule has 0 aliphatic carbocycles. The number of aryl methyl sites for hydroxylation is 1. The van der Waals surface area contributed by atoms with E-state index in [0.29, 0.717) is 37.1 Å². The minimum Gasteiger partial charge on any atom is -0.494 e. The summed E-state index contributed by atoms with van der Waals surface area (Å²) >= 11 is 0. The molecule has 1 aliphatic heterocycles. The van der Waals surface area contributed by atoms with E-state index in [-0.39, 0.29) is 41.4 Å². The van der Waals surface area contributed by atoms with Crippen molar-refractivity contribution in [3.05, 3.63) is 77.3 Å². The zero-order valence-electron chi connectivity index (χ0n) is 21.4. The molecule has 1 amide bonds. The van der Waals surface area contributed by atoms with Gasteiger partial charge in [0.05, 0.1) is 19.8 Å². The zero-order valence-corrected chi connectivity index (χ0v) is 21.4. The highest BCUT2D eigenvalue weighted by Gasteiger charge is 2.33. The Kier molecular flexibility index (Phi) is 7.28. The Morgan fingerprint density at radius 1 is 1.05 bits per heavy atom. The summed E-state index contributed by atoms with van der Waals surface area (Å²) in [6, 6.07) is 13.1. The summed E-state index contributed by atoms with van der Waals surface area (Å²) in [4.78, 5) is 25.1. The van der Waals surface area contributed by atoms with Crippen LogP contribution >= 0.6 is 0 Å². The van der Waals surface area contributed by atoms with Gasteiger partial charge in [0, 0.05) is 37.1 Å². The number of nitrogens with zero attached hydrogens (tertiary/aromatic N) is 4. The van der Waals surface area contributed by atoms with E-state index in [4.69, 9.17) is 9.15 Å². The number of methoxy groups -OCH3 is 1. The lowest BCUT2D eigenvalue weighted by Crippen LogP contribution is -2.50. The van der Waals surface area contributed by atoms with Gasteiger partial charge in [0.15, 0.2) is 5.69 Å². The highest BCUT2D eigenvalue weighted by molar-refractivity contribution is 5.97. The second-order valence-corrected chi connectivity index (χ2v) is 9.38. The first kappa shape index (κ1) is 26.6. The number of fused-ring (bicyclic) bond motifs is 1. The molecule has 204 valence electrons. The maximum atomic E-state index is 13.2. The third kappa shape index (κ3) is 5.32.